The maximum atomic E-state index is 12.3. The van der Waals surface area contributed by atoms with Crippen LogP contribution in [0.4, 0.5) is 0 Å². The Morgan fingerprint density at radius 2 is 1.79 bits per heavy atom. The zero-order chi connectivity index (χ0) is 17.7. The summed E-state index contributed by atoms with van der Waals surface area (Å²) in [6.07, 6.45) is 1.04. The molecule has 0 saturated heterocycles. The van der Waals surface area contributed by atoms with Gasteiger partial charge in [0.25, 0.3) is 0 Å². The molecule has 0 aliphatic carbocycles. The number of likely N-dealkylation sites (N-methyl/N-ethyl adjacent to an activating group) is 1. The summed E-state index contributed by atoms with van der Waals surface area (Å²) in [5.74, 6) is -0.456. The minimum absolute atomic E-state index is 0.0602. The lowest BCUT2D eigenvalue weighted by Crippen LogP contribution is -2.37. The molecule has 128 valence electrons. The summed E-state index contributed by atoms with van der Waals surface area (Å²) in [6, 6.07) is 12.5. The largest absolute Gasteiger partial charge is 0.350 e. The minimum Gasteiger partial charge on any atom is -0.350 e. The van der Waals surface area contributed by atoms with Crippen molar-refractivity contribution in [2.45, 2.75) is 6.54 Å². The SMILES string of the molecule is CN(CC(=O)NCc1ccc(C(=O)c2ccccc2)s1)S(C)(=O)=O. The number of amides is 1. The van der Waals surface area contributed by atoms with Gasteiger partial charge in [-0.2, -0.15) is 4.31 Å². The van der Waals surface area contributed by atoms with Gasteiger partial charge in [-0.15, -0.1) is 11.3 Å². The molecule has 0 aliphatic heterocycles. The predicted octanol–water partition coefficient (Wildman–Crippen LogP) is 1.49. The van der Waals surface area contributed by atoms with Gasteiger partial charge in [0.05, 0.1) is 24.2 Å². The van der Waals surface area contributed by atoms with Crippen molar-refractivity contribution in [3.8, 4) is 0 Å². The molecule has 0 aliphatic rings. The molecule has 0 unspecified atom stereocenters. The van der Waals surface area contributed by atoms with Crippen LogP contribution in [0.25, 0.3) is 0 Å². The molecule has 8 heteroatoms. The lowest BCUT2D eigenvalue weighted by atomic mass is 10.1. The third-order valence-electron chi connectivity index (χ3n) is 3.31. The van der Waals surface area contributed by atoms with Gasteiger partial charge in [-0.3, -0.25) is 9.59 Å². The average Bonchev–Trinajstić information content (AvgIpc) is 3.01. The molecule has 1 aromatic heterocycles. The number of rotatable bonds is 7. The zero-order valence-corrected chi connectivity index (χ0v) is 15.0. The summed E-state index contributed by atoms with van der Waals surface area (Å²) in [4.78, 5) is 25.5. The lowest BCUT2D eigenvalue weighted by Gasteiger charge is -2.13. The fourth-order valence-corrected chi connectivity index (χ4v) is 3.15. The van der Waals surface area contributed by atoms with Gasteiger partial charge >= 0.3 is 0 Å². The summed E-state index contributed by atoms with van der Waals surface area (Å²) >= 11 is 1.31. The van der Waals surface area contributed by atoms with Crippen molar-refractivity contribution in [1.82, 2.24) is 9.62 Å². The monoisotopic (exact) mass is 366 g/mol. The highest BCUT2D eigenvalue weighted by Gasteiger charge is 2.15. The topological polar surface area (TPSA) is 83.6 Å². The number of hydrogen-bond donors (Lipinski definition) is 1. The zero-order valence-electron chi connectivity index (χ0n) is 13.4. The summed E-state index contributed by atoms with van der Waals surface area (Å²) in [5.41, 5.74) is 0.615. The van der Waals surface area contributed by atoms with Crippen LogP contribution in [0, 0.1) is 0 Å². The van der Waals surface area contributed by atoms with E-state index < -0.39 is 15.9 Å². The summed E-state index contributed by atoms with van der Waals surface area (Å²) in [5, 5.41) is 2.65. The summed E-state index contributed by atoms with van der Waals surface area (Å²) < 4.78 is 23.5. The van der Waals surface area contributed by atoms with E-state index in [4.69, 9.17) is 0 Å². The van der Waals surface area contributed by atoms with Crippen LogP contribution in [0.15, 0.2) is 42.5 Å². The maximum Gasteiger partial charge on any atom is 0.235 e. The smallest absolute Gasteiger partial charge is 0.235 e. The van der Waals surface area contributed by atoms with Crippen LogP contribution in [-0.2, 0) is 21.4 Å². The Morgan fingerprint density at radius 3 is 2.42 bits per heavy atom. The van der Waals surface area contributed by atoms with Crippen molar-refractivity contribution in [3.05, 3.63) is 57.8 Å². The normalized spacial score (nSPS) is 11.5. The van der Waals surface area contributed by atoms with Crippen molar-refractivity contribution in [1.29, 1.82) is 0 Å². The number of sulfonamides is 1. The van der Waals surface area contributed by atoms with Gasteiger partial charge in [0.2, 0.25) is 21.7 Å². The van der Waals surface area contributed by atoms with Crippen molar-refractivity contribution in [2.75, 3.05) is 19.8 Å². The van der Waals surface area contributed by atoms with E-state index in [1.54, 1.807) is 36.4 Å². The molecule has 0 spiro atoms. The Bertz CT molecular complexity index is 829. The average molecular weight is 366 g/mol. The first-order valence-corrected chi connectivity index (χ1v) is 9.80. The fraction of sp³-hybridized carbons (Fsp3) is 0.250. The third kappa shape index (κ3) is 4.98. The van der Waals surface area contributed by atoms with Gasteiger partial charge in [0, 0.05) is 17.5 Å². The molecular weight excluding hydrogens is 348 g/mol. The summed E-state index contributed by atoms with van der Waals surface area (Å²) in [7, 11) is -2.04. The van der Waals surface area contributed by atoms with E-state index in [0.717, 1.165) is 15.4 Å². The third-order valence-corrected chi connectivity index (χ3v) is 5.66. The van der Waals surface area contributed by atoms with Crippen LogP contribution < -0.4 is 5.32 Å². The molecule has 1 amide bonds. The number of nitrogens with one attached hydrogen (secondary N) is 1. The summed E-state index contributed by atoms with van der Waals surface area (Å²) in [6.45, 7) is 0.0170. The Labute approximate surface area is 145 Å². The molecule has 0 fully saturated rings. The molecule has 6 nitrogen and oxygen atoms in total. The van der Waals surface area contributed by atoms with Gasteiger partial charge in [0.15, 0.2) is 0 Å². The Kier molecular flexibility index (Phi) is 5.87. The number of carbonyl (C=O) groups is 2. The van der Waals surface area contributed by atoms with E-state index in [9.17, 15) is 18.0 Å². The number of hydrogen-bond acceptors (Lipinski definition) is 5. The van der Waals surface area contributed by atoms with E-state index in [1.165, 1.54) is 18.4 Å². The predicted molar refractivity (Wildman–Crippen MR) is 93.5 cm³/mol. The second-order valence-corrected chi connectivity index (χ2v) is 8.51. The molecule has 2 rings (SSSR count). The van der Waals surface area contributed by atoms with E-state index in [0.29, 0.717) is 10.4 Å². The van der Waals surface area contributed by atoms with Gasteiger partial charge in [-0.05, 0) is 12.1 Å². The number of carbonyl (C=O) groups excluding carboxylic acids is 2. The van der Waals surface area contributed by atoms with E-state index in [-0.39, 0.29) is 18.9 Å². The molecule has 0 radical (unpaired) electrons. The molecule has 0 atom stereocenters. The molecular formula is C16H18N2O4S2. The maximum absolute atomic E-state index is 12.3. The quantitative estimate of drug-likeness (QED) is 0.753. The number of benzene rings is 1. The van der Waals surface area contributed by atoms with Crippen LogP contribution in [0.1, 0.15) is 20.1 Å². The molecule has 1 N–H and O–H groups in total. The Morgan fingerprint density at radius 1 is 1.12 bits per heavy atom. The fourth-order valence-electron chi connectivity index (χ4n) is 1.89. The van der Waals surface area contributed by atoms with Crippen molar-refractivity contribution in [2.24, 2.45) is 0 Å². The first-order valence-electron chi connectivity index (χ1n) is 7.14. The number of nitrogens with zero attached hydrogens (tertiary/aromatic N) is 1. The van der Waals surface area contributed by atoms with Crippen molar-refractivity contribution in [3.63, 3.8) is 0 Å². The van der Waals surface area contributed by atoms with Gasteiger partial charge < -0.3 is 5.32 Å². The second-order valence-electron chi connectivity index (χ2n) is 5.26. The van der Waals surface area contributed by atoms with Crippen LogP contribution in [0.2, 0.25) is 0 Å². The molecule has 0 saturated carbocycles. The highest BCUT2D eigenvalue weighted by atomic mass is 32.2. The first-order chi connectivity index (χ1) is 11.3. The molecule has 24 heavy (non-hydrogen) atoms. The Balaban J connectivity index is 1.92. The van der Waals surface area contributed by atoms with Crippen LogP contribution >= 0.6 is 11.3 Å². The van der Waals surface area contributed by atoms with Crippen LogP contribution in [0.5, 0.6) is 0 Å². The van der Waals surface area contributed by atoms with Crippen molar-refractivity contribution >= 4 is 33.1 Å². The second kappa shape index (κ2) is 7.69. The van der Waals surface area contributed by atoms with Crippen LogP contribution in [-0.4, -0.2) is 44.3 Å². The van der Waals surface area contributed by atoms with Gasteiger partial charge in [-0.1, -0.05) is 30.3 Å². The standard InChI is InChI=1S/C16H18N2O4S2/c1-18(24(2,21)22)11-15(19)17-10-13-8-9-14(23-13)16(20)12-6-4-3-5-7-12/h3-9H,10-11H2,1-2H3,(H,17,19). The minimum atomic E-state index is -3.39. The lowest BCUT2D eigenvalue weighted by molar-refractivity contribution is -0.121. The van der Waals surface area contributed by atoms with E-state index >= 15 is 0 Å². The molecule has 2 aromatic rings. The number of thiophene rings is 1. The van der Waals surface area contributed by atoms with Crippen LogP contribution in [0.3, 0.4) is 0 Å². The molecule has 1 heterocycles. The molecule has 0 bridgehead atoms. The Hall–Kier alpha value is -2.03. The van der Waals surface area contributed by atoms with E-state index in [2.05, 4.69) is 5.32 Å². The van der Waals surface area contributed by atoms with Gasteiger partial charge in [-0.25, -0.2) is 8.42 Å². The highest BCUT2D eigenvalue weighted by molar-refractivity contribution is 7.88. The first kappa shape index (κ1) is 18.3. The molecule has 1 aromatic carbocycles. The highest BCUT2D eigenvalue weighted by Crippen LogP contribution is 2.20. The number of ketones is 1. The van der Waals surface area contributed by atoms with Gasteiger partial charge in [0.1, 0.15) is 0 Å². The van der Waals surface area contributed by atoms with Crippen molar-refractivity contribution < 1.29 is 18.0 Å². The van der Waals surface area contributed by atoms with E-state index in [1.807, 2.05) is 6.07 Å².